The van der Waals surface area contributed by atoms with Gasteiger partial charge >= 0.3 is 0 Å². The zero-order valence-corrected chi connectivity index (χ0v) is 9.21. The fourth-order valence-electron chi connectivity index (χ4n) is 2.00. The van der Waals surface area contributed by atoms with E-state index < -0.39 is 0 Å². The molecule has 1 aromatic carbocycles. The van der Waals surface area contributed by atoms with Crippen molar-refractivity contribution in [2.45, 2.75) is 31.8 Å². The van der Waals surface area contributed by atoms with Crippen LogP contribution in [0.5, 0.6) is 0 Å². The van der Waals surface area contributed by atoms with Gasteiger partial charge in [0.1, 0.15) is 0 Å². The first kappa shape index (κ1) is 9.22. The number of hydrogen-bond acceptors (Lipinski definition) is 1. The second-order valence-corrected chi connectivity index (χ2v) is 4.68. The van der Waals surface area contributed by atoms with Crippen molar-refractivity contribution < 1.29 is 5.11 Å². The van der Waals surface area contributed by atoms with Crippen molar-refractivity contribution in [1.82, 2.24) is 0 Å². The largest absolute Gasteiger partial charge is 0.388 e. The summed E-state index contributed by atoms with van der Waals surface area (Å²) in [5.41, 5.74) is 2.41. The standard InChI is InChI=1S/C11H13BrO/c1-7-2-5-11(13)10-6-8(12)3-4-9(7)10/h3-4,6-7,11,13H,2,5H2,1H3. The molecular formula is C11H13BrO. The van der Waals surface area contributed by atoms with Crippen molar-refractivity contribution in [2.75, 3.05) is 0 Å². The average molecular weight is 241 g/mol. The maximum Gasteiger partial charge on any atom is 0.0793 e. The fraction of sp³-hybridized carbons (Fsp3) is 0.455. The summed E-state index contributed by atoms with van der Waals surface area (Å²) in [4.78, 5) is 0. The highest BCUT2D eigenvalue weighted by molar-refractivity contribution is 9.10. The van der Waals surface area contributed by atoms with E-state index in [-0.39, 0.29) is 6.10 Å². The van der Waals surface area contributed by atoms with Gasteiger partial charge in [0, 0.05) is 4.47 Å². The predicted molar refractivity (Wildman–Crippen MR) is 56.8 cm³/mol. The molecule has 0 saturated heterocycles. The van der Waals surface area contributed by atoms with Gasteiger partial charge in [0.15, 0.2) is 0 Å². The van der Waals surface area contributed by atoms with E-state index in [2.05, 4.69) is 28.9 Å². The van der Waals surface area contributed by atoms with E-state index >= 15 is 0 Å². The van der Waals surface area contributed by atoms with E-state index in [0.29, 0.717) is 5.92 Å². The summed E-state index contributed by atoms with van der Waals surface area (Å²) >= 11 is 3.43. The molecule has 0 fully saturated rings. The van der Waals surface area contributed by atoms with Gasteiger partial charge < -0.3 is 5.11 Å². The van der Waals surface area contributed by atoms with E-state index in [1.54, 1.807) is 0 Å². The Bertz CT molecular complexity index is 322. The van der Waals surface area contributed by atoms with E-state index in [1.807, 2.05) is 12.1 Å². The lowest BCUT2D eigenvalue weighted by atomic mass is 9.82. The number of halogens is 1. The lowest BCUT2D eigenvalue weighted by Crippen LogP contribution is -2.12. The summed E-state index contributed by atoms with van der Waals surface area (Å²) in [6.07, 6.45) is 1.73. The van der Waals surface area contributed by atoms with E-state index in [4.69, 9.17) is 0 Å². The van der Waals surface area contributed by atoms with Crippen LogP contribution in [0.25, 0.3) is 0 Å². The molecule has 2 rings (SSSR count). The van der Waals surface area contributed by atoms with Crippen LogP contribution in [0.15, 0.2) is 22.7 Å². The normalized spacial score (nSPS) is 27.0. The van der Waals surface area contributed by atoms with Crippen LogP contribution in [-0.2, 0) is 0 Å². The second kappa shape index (κ2) is 3.43. The molecule has 0 heterocycles. The summed E-state index contributed by atoms with van der Waals surface area (Å²) in [7, 11) is 0. The molecule has 0 radical (unpaired) electrons. The molecule has 13 heavy (non-hydrogen) atoms. The van der Waals surface area contributed by atoms with Gasteiger partial charge in [-0.2, -0.15) is 0 Å². The molecule has 2 heteroatoms. The molecule has 0 bridgehead atoms. The molecule has 1 N–H and O–H groups in total. The summed E-state index contributed by atoms with van der Waals surface area (Å²) < 4.78 is 1.06. The lowest BCUT2D eigenvalue weighted by molar-refractivity contribution is 0.151. The van der Waals surface area contributed by atoms with Crippen LogP contribution in [0.2, 0.25) is 0 Å². The van der Waals surface area contributed by atoms with Crippen LogP contribution < -0.4 is 0 Å². The molecule has 1 aromatic rings. The molecule has 0 aliphatic heterocycles. The first-order valence-corrected chi connectivity index (χ1v) is 5.45. The smallest absolute Gasteiger partial charge is 0.0793 e. The average Bonchev–Trinajstić information content (AvgIpc) is 2.12. The third-order valence-corrected chi connectivity index (χ3v) is 3.31. The van der Waals surface area contributed by atoms with Crippen molar-refractivity contribution in [2.24, 2.45) is 0 Å². The Kier molecular flexibility index (Phi) is 2.43. The topological polar surface area (TPSA) is 20.2 Å². The van der Waals surface area contributed by atoms with Crippen LogP contribution in [0.1, 0.15) is 42.9 Å². The zero-order chi connectivity index (χ0) is 9.42. The summed E-state index contributed by atoms with van der Waals surface area (Å²) in [5.74, 6) is 0.589. The van der Waals surface area contributed by atoms with Crippen LogP contribution in [0, 0.1) is 0 Å². The van der Waals surface area contributed by atoms with Crippen LogP contribution in [-0.4, -0.2) is 5.11 Å². The minimum Gasteiger partial charge on any atom is -0.388 e. The first-order chi connectivity index (χ1) is 6.18. The van der Waals surface area contributed by atoms with Crippen molar-refractivity contribution in [1.29, 1.82) is 0 Å². The highest BCUT2D eigenvalue weighted by Crippen LogP contribution is 2.38. The van der Waals surface area contributed by atoms with Gasteiger partial charge in [-0.1, -0.05) is 28.9 Å². The number of fused-ring (bicyclic) bond motifs is 1. The van der Waals surface area contributed by atoms with Gasteiger partial charge in [0.05, 0.1) is 6.10 Å². The summed E-state index contributed by atoms with van der Waals surface area (Å²) in [6, 6.07) is 6.20. The van der Waals surface area contributed by atoms with E-state index in [1.165, 1.54) is 5.56 Å². The Labute approximate surface area is 86.9 Å². The zero-order valence-electron chi connectivity index (χ0n) is 7.63. The van der Waals surface area contributed by atoms with Crippen molar-refractivity contribution >= 4 is 15.9 Å². The highest BCUT2D eigenvalue weighted by atomic mass is 79.9. The number of aliphatic hydroxyl groups is 1. The van der Waals surface area contributed by atoms with Gasteiger partial charge in [-0.05, 0) is 42.0 Å². The van der Waals surface area contributed by atoms with Gasteiger partial charge in [-0.25, -0.2) is 0 Å². The molecule has 0 amide bonds. The van der Waals surface area contributed by atoms with E-state index in [9.17, 15) is 5.11 Å². The highest BCUT2D eigenvalue weighted by Gasteiger charge is 2.22. The Hall–Kier alpha value is -0.340. The molecule has 0 spiro atoms. The molecule has 1 aliphatic rings. The van der Waals surface area contributed by atoms with Crippen molar-refractivity contribution in [3.8, 4) is 0 Å². The third kappa shape index (κ3) is 1.65. The van der Waals surface area contributed by atoms with Gasteiger partial charge in [0.2, 0.25) is 0 Å². The SMILES string of the molecule is CC1CCC(O)c2cc(Br)ccc21. The Balaban J connectivity index is 2.50. The molecule has 1 aliphatic carbocycles. The maximum absolute atomic E-state index is 9.78. The minimum atomic E-state index is -0.260. The Morgan fingerprint density at radius 2 is 2.08 bits per heavy atom. The predicted octanol–water partition coefficient (Wildman–Crippen LogP) is 3.38. The van der Waals surface area contributed by atoms with Crippen molar-refractivity contribution in [3.05, 3.63) is 33.8 Å². The summed E-state index contributed by atoms with van der Waals surface area (Å²) in [6.45, 7) is 2.22. The Morgan fingerprint density at radius 3 is 2.85 bits per heavy atom. The molecule has 70 valence electrons. The summed E-state index contributed by atoms with van der Waals surface area (Å²) in [5, 5.41) is 9.78. The Morgan fingerprint density at radius 1 is 1.31 bits per heavy atom. The monoisotopic (exact) mass is 240 g/mol. The molecule has 0 saturated carbocycles. The maximum atomic E-state index is 9.78. The quantitative estimate of drug-likeness (QED) is 0.738. The first-order valence-electron chi connectivity index (χ1n) is 4.66. The number of rotatable bonds is 0. The van der Waals surface area contributed by atoms with Gasteiger partial charge in [-0.15, -0.1) is 0 Å². The molecule has 1 nitrogen and oxygen atoms in total. The van der Waals surface area contributed by atoms with Crippen LogP contribution in [0.4, 0.5) is 0 Å². The van der Waals surface area contributed by atoms with Crippen LogP contribution >= 0.6 is 15.9 Å². The fourth-order valence-corrected chi connectivity index (χ4v) is 2.38. The molecule has 2 unspecified atom stereocenters. The van der Waals surface area contributed by atoms with Crippen molar-refractivity contribution in [3.63, 3.8) is 0 Å². The molecular weight excluding hydrogens is 228 g/mol. The van der Waals surface area contributed by atoms with Gasteiger partial charge in [0.25, 0.3) is 0 Å². The molecule has 0 aromatic heterocycles. The third-order valence-electron chi connectivity index (χ3n) is 2.81. The number of benzene rings is 1. The number of hydrogen-bond donors (Lipinski definition) is 1. The van der Waals surface area contributed by atoms with E-state index in [0.717, 1.165) is 22.9 Å². The lowest BCUT2D eigenvalue weighted by Gasteiger charge is -2.26. The van der Waals surface area contributed by atoms with Gasteiger partial charge in [-0.3, -0.25) is 0 Å². The minimum absolute atomic E-state index is 0.260. The number of aliphatic hydroxyl groups excluding tert-OH is 1. The van der Waals surface area contributed by atoms with Crippen LogP contribution in [0.3, 0.4) is 0 Å². The molecule has 2 atom stereocenters. The second-order valence-electron chi connectivity index (χ2n) is 3.77.